The first kappa shape index (κ1) is 12.4. The fraction of sp³-hybridized carbons (Fsp3) is 0.267. The van der Waals surface area contributed by atoms with Gasteiger partial charge in [0.05, 0.1) is 0 Å². The molecule has 0 radical (unpaired) electrons. The van der Waals surface area contributed by atoms with E-state index >= 15 is 0 Å². The fourth-order valence-electron chi connectivity index (χ4n) is 2.12. The Bertz CT molecular complexity index is 492. The van der Waals surface area contributed by atoms with Gasteiger partial charge in [-0.15, -0.1) is 0 Å². The SMILES string of the molecule is CN(C)/C=C1/C(=O)/C(=C/N(C)C)c2ccccc21. The van der Waals surface area contributed by atoms with Gasteiger partial charge >= 0.3 is 0 Å². The summed E-state index contributed by atoms with van der Waals surface area (Å²) >= 11 is 0. The van der Waals surface area contributed by atoms with Crippen LogP contribution in [0.4, 0.5) is 0 Å². The molecule has 0 fully saturated rings. The Morgan fingerprint density at radius 3 is 1.56 bits per heavy atom. The molecule has 0 heterocycles. The van der Waals surface area contributed by atoms with Crippen molar-refractivity contribution in [3.63, 3.8) is 0 Å². The van der Waals surface area contributed by atoms with Crippen LogP contribution in [0.2, 0.25) is 0 Å². The molecule has 0 spiro atoms. The topological polar surface area (TPSA) is 23.6 Å². The molecule has 0 aromatic heterocycles. The second-order valence-corrected chi connectivity index (χ2v) is 4.89. The zero-order valence-electron chi connectivity index (χ0n) is 11.3. The van der Waals surface area contributed by atoms with Crippen LogP contribution in [0.3, 0.4) is 0 Å². The zero-order chi connectivity index (χ0) is 13.3. The minimum atomic E-state index is 0.0959. The fourth-order valence-corrected chi connectivity index (χ4v) is 2.12. The van der Waals surface area contributed by atoms with Crippen molar-refractivity contribution in [2.75, 3.05) is 28.2 Å². The number of hydrogen-bond donors (Lipinski definition) is 0. The maximum atomic E-state index is 12.4. The predicted molar refractivity (Wildman–Crippen MR) is 74.8 cm³/mol. The summed E-state index contributed by atoms with van der Waals surface area (Å²) < 4.78 is 0. The van der Waals surface area contributed by atoms with Gasteiger partial charge in [0, 0.05) is 51.7 Å². The average Bonchev–Trinajstić information content (AvgIpc) is 2.54. The first-order valence-electron chi connectivity index (χ1n) is 5.91. The summed E-state index contributed by atoms with van der Waals surface area (Å²) in [5.74, 6) is 0.0959. The third-order valence-corrected chi connectivity index (χ3v) is 2.77. The van der Waals surface area contributed by atoms with Crippen molar-refractivity contribution in [3.05, 3.63) is 47.8 Å². The molecule has 0 saturated heterocycles. The summed E-state index contributed by atoms with van der Waals surface area (Å²) in [6.07, 6.45) is 3.77. The van der Waals surface area contributed by atoms with Crippen molar-refractivity contribution in [2.45, 2.75) is 0 Å². The normalized spacial score (nSPS) is 18.3. The van der Waals surface area contributed by atoms with Crippen LogP contribution in [0, 0.1) is 0 Å². The number of rotatable bonds is 2. The van der Waals surface area contributed by atoms with E-state index in [1.807, 2.05) is 74.7 Å². The third kappa shape index (κ3) is 2.16. The highest BCUT2D eigenvalue weighted by Crippen LogP contribution is 2.37. The maximum Gasteiger partial charge on any atom is 0.197 e. The number of carbonyl (C=O) groups is 1. The van der Waals surface area contributed by atoms with E-state index in [1.165, 1.54) is 0 Å². The molecule has 0 atom stereocenters. The average molecular weight is 242 g/mol. The molecule has 1 aromatic rings. The van der Waals surface area contributed by atoms with E-state index in [9.17, 15) is 4.79 Å². The number of benzene rings is 1. The number of fused-ring (bicyclic) bond motifs is 1. The van der Waals surface area contributed by atoms with E-state index in [1.54, 1.807) is 0 Å². The van der Waals surface area contributed by atoms with Gasteiger partial charge in [-0.05, 0) is 11.1 Å². The summed E-state index contributed by atoms with van der Waals surface area (Å²) in [4.78, 5) is 16.3. The van der Waals surface area contributed by atoms with Crippen LogP contribution in [0.5, 0.6) is 0 Å². The molecule has 0 saturated carbocycles. The highest BCUT2D eigenvalue weighted by Gasteiger charge is 2.29. The molecule has 3 nitrogen and oxygen atoms in total. The molecule has 2 rings (SSSR count). The molecule has 0 unspecified atom stereocenters. The lowest BCUT2D eigenvalue weighted by atomic mass is 10.1. The lowest BCUT2D eigenvalue weighted by molar-refractivity contribution is -0.108. The van der Waals surface area contributed by atoms with E-state index < -0.39 is 0 Å². The zero-order valence-corrected chi connectivity index (χ0v) is 11.3. The van der Waals surface area contributed by atoms with Gasteiger partial charge < -0.3 is 9.80 Å². The number of hydrogen-bond acceptors (Lipinski definition) is 3. The van der Waals surface area contributed by atoms with Crippen LogP contribution in [0.1, 0.15) is 11.1 Å². The Morgan fingerprint density at radius 2 is 1.22 bits per heavy atom. The maximum absolute atomic E-state index is 12.4. The van der Waals surface area contributed by atoms with Crippen molar-refractivity contribution in [3.8, 4) is 0 Å². The molecule has 94 valence electrons. The van der Waals surface area contributed by atoms with E-state index in [4.69, 9.17) is 0 Å². The van der Waals surface area contributed by atoms with Crippen LogP contribution in [-0.4, -0.2) is 43.8 Å². The highest BCUT2D eigenvalue weighted by atomic mass is 16.1. The largest absolute Gasteiger partial charge is 0.383 e. The lowest BCUT2D eigenvalue weighted by Crippen LogP contribution is -2.07. The van der Waals surface area contributed by atoms with E-state index in [0.29, 0.717) is 0 Å². The van der Waals surface area contributed by atoms with Gasteiger partial charge in [0.1, 0.15) is 0 Å². The Morgan fingerprint density at radius 1 is 0.833 bits per heavy atom. The first-order valence-corrected chi connectivity index (χ1v) is 5.91. The van der Waals surface area contributed by atoms with Crippen LogP contribution >= 0.6 is 0 Å². The Labute approximate surface area is 108 Å². The summed E-state index contributed by atoms with van der Waals surface area (Å²) in [7, 11) is 7.71. The smallest absolute Gasteiger partial charge is 0.197 e. The standard InChI is InChI=1S/C15H18N2O/c1-16(2)9-13-11-7-5-6-8-12(11)14(15(13)18)10-17(3)4/h5-10H,1-4H3/b13-9+,14-10+. The molecule has 1 aromatic carbocycles. The number of nitrogens with zero attached hydrogens (tertiary/aromatic N) is 2. The minimum Gasteiger partial charge on any atom is -0.383 e. The van der Waals surface area contributed by atoms with Crippen molar-refractivity contribution >= 4 is 16.9 Å². The number of ketones is 1. The number of carbonyl (C=O) groups excluding carboxylic acids is 1. The first-order chi connectivity index (χ1) is 8.50. The lowest BCUT2D eigenvalue weighted by Gasteiger charge is -2.07. The molecule has 0 aliphatic heterocycles. The van der Waals surface area contributed by atoms with Gasteiger partial charge in [0.25, 0.3) is 0 Å². The van der Waals surface area contributed by atoms with Crippen LogP contribution in [-0.2, 0) is 4.79 Å². The van der Waals surface area contributed by atoms with Gasteiger partial charge in [-0.25, -0.2) is 0 Å². The minimum absolute atomic E-state index is 0.0959. The predicted octanol–water partition coefficient (Wildman–Crippen LogP) is 2.07. The molecule has 0 N–H and O–H groups in total. The summed E-state index contributed by atoms with van der Waals surface area (Å²) in [6, 6.07) is 7.93. The second-order valence-electron chi connectivity index (χ2n) is 4.89. The molecule has 0 amide bonds. The van der Waals surface area contributed by atoms with Gasteiger partial charge in [-0.1, -0.05) is 24.3 Å². The summed E-state index contributed by atoms with van der Waals surface area (Å²) in [5, 5.41) is 0. The van der Waals surface area contributed by atoms with E-state index in [-0.39, 0.29) is 5.78 Å². The highest BCUT2D eigenvalue weighted by molar-refractivity contribution is 6.47. The van der Waals surface area contributed by atoms with Crippen LogP contribution in [0.25, 0.3) is 11.1 Å². The number of Topliss-reactive ketones (excluding diaryl/α,β-unsaturated/α-hetero) is 1. The third-order valence-electron chi connectivity index (χ3n) is 2.77. The van der Waals surface area contributed by atoms with Gasteiger partial charge in [-0.3, -0.25) is 4.79 Å². The molecule has 18 heavy (non-hydrogen) atoms. The van der Waals surface area contributed by atoms with Crippen molar-refractivity contribution < 1.29 is 4.79 Å². The molecular weight excluding hydrogens is 224 g/mol. The Kier molecular flexibility index (Phi) is 3.24. The second kappa shape index (κ2) is 4.69. The van der Waals surface area contributed by atoms with Crippen LogP contribution < -0.4 is 0 Å². The molecule has 1 aliphatic rings. The van der Waals surface area contributed by atoms with Gasteiger partial charge in [0.15, 0.2) is 5.78 Å². The van der Waals surface area contributed by atoms with Gasteiger partial charge in [-0.2, -0.15) is 0 Å². The monoisotopic (exact) mass is 242 g/mol. The summed E-state index contributed by atoms with van der Waals surface area (Å²) in [5.41, 5.74) is 3.57. The Hall–Kier alpha value is -2.03. The van der Waals surface area contributed by atoms with E-state index in [2.05, 4.69) is 0 Å². The Balaban J connectivity index is 2.61. The molecule has 1 aliphatic carbocycles. The quantitative estimate of drug-likeness (QED) is 0.742. The van der Waals surface area contributed by atoms with Crippen molar-refractivity contribution in [2.24, 2.45) is 0 Å². The summed E-state index contributed by atoms with van der Waals surface area (Å²) in [6.45, 7) is 0. The molecular formula is C15H18N2O. The van der Waals surface area contributed by atoms with Crippen LogP contribution in [0.15, 0.2) is 36.7 Å². The molecule has 0 bridgehead atoms. The molecule has 3 heteroatoms. The van der Waals surface area contributed by atoms with Gasteiger partial charge in [0.2, 0.25) is 0 Å². The van der Waals surface area contributed by atoms with Crippen molar-refractivity contribution in [1.82, 2.24) is 9.80 Å². The number of allylic oxidation sites excluding steroid dienone is 2. The van der Waals surface area contributed by atoms with E-state index in [0.717, 1.165) is 22.3 Å². The van der Waals surface area contributed by atoms with Crippen molar-refractivity contribution in [1.29, 1.82) is 0 Å².